The lowest BCUT2D eigenvalue weighted by molar-refractivity contribution is -0.148. The van der Waals surface area contributed by atoms with Gasteiger partial charge >= 0.3 is 12.0 Å². The lowest BCUT2D eigenvalue weighted by Crippen LogP contribution is -2.62. The first-order valence-corrected chi connectivity index (χ1v) is 7.73. The van der Waals surface area contributed by atoms with Crippen molar-refractivity contribution in [1.82, 2.24) is 15.1 Å². The van der Waals surface area contributed by atoms with Gasteiger partial charge in [0.1, 0.15) is 5.54 Å². The summed E-state index contributed by atoms with van der Waals surface area (Å²) in [6.07, 6.45) is 2.98. The summed E-state index contributed by atoms with van der Waals surface area (Å²) in [5, 5.41) is 12.3. The van der Waals surface area contributed by atoms with Gasteiger partial charge in [-0.25, -0.2) is 9.59 Å². The maximum Gasteiger partial charge on any atom is 0.329 e. The molecule has 3 heterocycles. The molecule has 0 saturated carbocycles. The number of nitrogens with zero attached hydrogens (tertiary/aromatic N) is 2. The average molecular weight is 297 g/mol. The number of rotatable bonds is 2. The summed E-state index contributed by atoms with van der Waals surface area (Å²) in [5.74, 6) is -0.960. The van der Waals surface area contributed by atoms with E-state index >= 15 is 0 Å². The van der Waals surface area contributed by atoms with E-state index in [9.17, 15) is 14.7 Å². The summed E-state index contributed by atoms with van der Waals surface area (Å²) in [7, 11) is 0. The number of hydrogen-bond donors (Lipinski definition) is 2. The molecular formula is C14H23N3O4. The Morgan fingerprint density at radius 3 is 2.67 bits per heavy atom. The van der Waals surface area contributed by atoms with Gasteiger partial charge in [-0.15, -0.1) is 0 Å². The van der Waals surface area contributed by atoms with E-state index < -0.39 is 11.5 Å². The molecule has 3 aliphatic heterocycles. The van der Waals surface area contributed by atoms with E-state index in [1.165, 1.54) is 6.42 Å². The van der Waals surface area contributed by atoms with Gasteiger partial charge in [0.2, 0.25) is 0 Å². The Balaban J connectivity index is 1.63. The quantitative estimate of drug-likeness (QED) is 0.756. The molecule has 0 aromatic carbocycles. The molecule has 3 rings (SSSR count). The van der Waals surface area contributed by atoms with Crippen molar-refractivity contribution in [3.63, 3.8) is 0 Å². The van der Waals surface area contributed by atoms with Gasteiger partial charge in [0.25, 0.3) is 0 Å². The fourth-order valence-corrected chi connectivity index (χ4v) is 3.57. The molecule has 0 aromatic rings. The molecule has 0 spiro atoms. The number of amides is 2. The van der Waals surface area contributed by atoms with Gasteiger partial charge in [0, 0.05) is 51.7 Å². The maximum absolute atomic E-state index is 12.5. The molecule has 0 aliphatic carbocycles. The number of carboxylic acid groups (broad SMARTS) is 1. The number of carbonyl (C=O) groups is 2. The molecule has 2 amide bonds. The first kappa shape index (κ1) is 14.6. The molecule has 0 bridgehead atoms. The van der Waals surface area contributed by atoms with Crippen molar-refractivity contribution in [3.05, 3.63) is 0 Å². The second-order valence-electron chi connectivity index (χ2n) is 6.21. The third-order valence-corrected chi connectivity index (χ3v) is 4.98. The van der Waals surface area contributed by atoms with Crippen LogP contribution >= 0.6 is 0 Å². The van der Waals surface area contributed by atoms with Crippen LogP contribution in [0.5, 0.6) is 0 Å². The molecule has 21 heavy (non-hydrogen) atoms. The molecule has 2 N–H and O–H groups in total. The Morgan fingerprint density at radius 2 is 1.95 bits per heavy atom. The van der Waals surface area contributed by atoms with E-state index in [1.807, 2.05) is 0 Å². The Labute approximate surface area is 124 Å². The lowest BCUT2D eigenvalue weighted by Gasteiger charge is -2.40. The Morgan fingerprint density at radius 1 is 1.19 bits per heavy atom. The van der Waals surface area contributed by atoms with Crippen molar-refractivity contribution in [3.8, 4) is 0 Å². The van der Waals surface area contributed by atoms with Crippen LogP contribution in [0.3, 0.4) is 0 Å². The second kappa shape index (κ2) is 5.81. The van der Waals surface area contributed by atoms with E-state index in [2.05, 4.69) is 10.2 Å². The third-order valence-electron chi connectivity index (χ3n) is 4.98. The van der Waals surface area contributed by atoms with Gasteiger partial charge in [-0.3, -0.25) is 4.90 Å². The number of urea groups is 1. The number of aliphatic carboxylic acids is 1. The lowest BCUT2D eigenvalue weighted by atomic mass is 9.90. The van der Waals surface area contributed by atoms with Crippen LogP contribution < -0.4 is 5.32 Å². The number of piperazine rings is 1. The summed E-state index contributed by atoms with van der Waals surface area (Å²) in [6, 6.07) is 0.200. The van der Waals surface area contributed by atoms with Gasteiger partial charge < -0.3 is 20.1 Å². The summed E-state index contributed by atoms with van der Waals surface area (Å²) < 4.78 is 5.22. The molecule has 3 aliphatic rings. The highest BCUT2D eigenvalue weighted by molar-refractivity contribution is 5.86. The van der Waals surface area contributed by atoms with E-state index in [0.29, 0.717) is 45.2 Å². The van der Waals surface area contributed by atoms with E-state index in [-0.39, 0.29) is 6.03 Å². The number of ether oxygens (including phenoxy) is 1. The summed E-state index contributed by atoms with van der Waals surface area (Å²) in [5.41, 5.74) is -1.16. The minimum atomic E-state index is -1.16. The minimum Gasteiger partial charge on any atom is -0.480 e. The summed E-state index contributed by atoms with van der Waals surface area (Å²) in [6.45, 7) is 4.15. The molecule has 3 fully saturated rings. The number of nitrogens with one attached hydrogen (secondary N) is 1. The molecule has 0 radical (unpaired) electrons. The van der Waals surface area contributed by atoms with E-state index in [0.717, 1.165) is 19.5 Å². The highest BCUT2D eigenvalue weighted by atomic mass is 16.5. The molecule has 7 heteroatoms. The Bertz CT molecular complexity index is 422. The zero-order valence-electron chi connectivity index (χ0n) is 12.2. The van der Waals surface area contributed by atoms with Gasteiger partial charge in [0.15, 0.2) is 0 Å². The SMILES string of the molecule is O=C(NC1(C(=O)O)CCOCC1)N1CCN2CCCC2C1. The van der Waals surface area contributed by atoms with Crippen LogP contribution in [0, 0.1) is 0 Å². The average Bonchev–Trinajstić information content (AvgIpc) is 2.95. The Hall–Kier alpha value is -1.34. The molecule has 118 valence electrons. The van der Waals surface area contributed by atoms with Gasteiger partial charge in [-0.2, -0.15) is 0 Å². The topological polar surface area (TPSA) is 82.1 Å². The van der Waals surface area contributed by atoms with Gasteiger partial charge in [-0.05, 0) is 19.4 Å². The second-order valence-corrected chi connectivity index (χ2v) is 6.21. The zero-order valence-corrected chi connectivity index (χ0v) is 12.2. The van der Waals surface area contributed by atoms with Crippen molar-refractivity contribution in [2.75, 3.05) is 39.4 Å². The predicted molar refractivity (Wildman–Crippen MR) is 75.1 cm³/mol. The monoisotopic (exact) mass is 297 g/mol. The summed E-state index contributed by atoms with van der Waals surface area (Å²) >= 11 is 0. The van der Waals surface area contributed by atoms with E-state index in [4.69, 9.17) is 4.74 Å². The number of hydrogen-bond acceptors (Lipinski definition) is 4. The van der Waals surface area contributed by atoms with Crippen molar-refractivity contribution in [2.45, 2.75) is 37.3 Å². The van der Waals surface area contributed by atoms with Crippen molar-refractivity contribution >= 4 is 12.0 Å². The molecule has 1 atom stereocenters. The maximum atomic E-state index is 12.5. The van der Waals surface area contributed by atoms with Crippen molar-refractivity contribution < 1.29 is 19.4 Å². The highest BCUT2D eigenvalue weighted by Crippen LogP contribution is 2.24. The van der Waals surface area contributed by atoms with Crippen molar-refractivity contribution in [2.24, 2.45) is 0 Å². The fourth-order valence-electron chi connectivity index (χ4n) is 3.57. The van der Waals surface area contributed by atoms with Gasteiger partial charge in [-0.1, -0.05) is 0 Å². The largest absolute Gasteiger partial charge is 0.480 e. The smallest absolute Gasteiger partial charge is 0.329 e. The molecular weight excluding hydrogens is 274 g/mol. The van der Waals surface area contributed by atoms with Crippen LogP contribution in [-0.2, 0) is 9.53 Å². The normalized spacial score (nSPS) is 29.0. The van der Waals surface area contributed by atoms with Crippen LogP contribution in [0.4, 0.5) is 4.79 Å². The van der Waals surface area contributed by atoms with E-state index in [1.54, 1.807) is 4.90 Å². The first-order chi connectivity index (χ1) is 10.1. The predicted octanol–water partition coefficient (Wildman–Crippen LogP) is 0.110. The summed E-state index contributed by atoms with van der Waals surface area (Å²) in [4.78, 5) is 28.2. The van der Waals surface area contributed by atoms with Crippen LogP contribution in [-0.4, -0.2) is 77.9 Å². The van der Waals surface area contributed by atoms with Crippen molar-refractivity contribution in [1.29, 1.82) is 0 Å². The highest BCUT2D eigenvalue weighted by Gasteiger charge is 2.43. The van der Waals surface area contributed by atoms with Crippen LogP contribution in [0.15, 0.2) is 0 Å². The molecule has 0 aromatic heterocycles. The number of carboxylic acids is 1. The first-order valence-electron chi connectivity index (χ1n) is 7.73. The standard InChI is InChI=1S/C14H23N3O4/c18-12(19)14(3-8-21-9-4-14)15-13(20)17-7-6-16-5-1-2-11(16)10-17/h11H,1-10H2,(H,15,20)(H,18,19). The fraction of sp³-hybridized carbons (Fsp3) is 0.857. The third kappa shape index (κ3) is 2.85. The zero-order chi connectivity index (χ0) is 14.9. The molecule has 7 nitrogen and oxygen atoms in total. The molecule has 1 unspecified atom stereocenters. The minimum absolute atomic E-state index is 0.245. The number of fused-ring (bicyclic) bond motifs is 1. The number of carbonyl (C=O) groups excluding carboxylic acids is 1. The van der Waals surface area contributed by atoms with Gasteiger partial charge in [0.05, 0.1) is 0 Å². The molecule has 3 saturated heterocycles. The van der Waals surface area contributed by atoms with Crippen LogP contribution in [0.2, 0.25) is 0 Å². The van der Waals surface area contributed by atoms with Crippen LogP contribution in [0.1, 0.15) is 25.7 Å². The Kier molecular flexibility index (Phi) is 4.03. The van der Waals surface area contributed by atoms with Crippen LogP contribution in [0.25, 0.3) is 0 Å².